The van der Waals surface area contributed by atoms with Crippen LogP contribution in [0.3, 0.4) is 0 Å². The lowest BCUT2D eigenvalue weighted by atomic mass is 10.0. The van der Waals surface area contributed by atoms with Crippen LogP contribution in [0.2, 0.25) is 0 Å². The van der Waals surface area contributed by atoms with Gasteiger partial charge in [0.25, 0.3) is 0 Å². The molecule has 0 aromatic carbocycles. The molecule has 0 aromatic rings. The summed E-state index contributed by atoms with van der Waals surface area (Å²) in [6.45, 7) is 12.6. The Morgan fingerprint density at radius 3 is 0.846 bits per heavy atom. The average molecular weight is 1140 g/mol. The number of piperazine rings is 1. The molecule has 1 aliphatic heterocycles. The summed E-state index contributed by atoms with van der Waals surface area (Å²) in [6, 6.07) is -1.95. The van der Waals surface area contributed by atoms with Crippen LogP contribution in [0.25, 0.3) is 0 Å². The van der Waals surface area contributed by atoms with Crippen molar-refractivity contribution in [3.05, 3.63) is 0 Å². The zero-order valence-corrected chi connectivity index (χ0v) is 52.6. The molecule has 78 heavy (non-hydrogen) atoms. The number of carbonyl (C=O) groups is 4. The van der Waals surface area contributed by atoms with Crippen LogP contribution in [-0.4, -0.2) is 140 Å². The van der Waals surface area contributed by atoms with Gasteiger partial charge in [0.05, 0.1) is 24.4 Å². The topological polar surface area (TPSA) is 180 Å². The highest BCUT2D eigenvalue weighted by atomic mass is 32.2. The molecule has 0 aromatic heterocycles. The molecule has 0 saturated carbocycles. The van der Waals surface area contributed by atoms with Gasteiger partial charge in [0.1, 0.15) is 12.1 Å². The number of hydrogen-bond donors (Lipinski definition) is 6. The summed E-state index contributed by atoms with van der Waals surface area (Å²) in [6.07, 6.45) is 43.5. The molecule has 0 spiro atoms. The third-order valence-corrected chi connectivity index (χ3v) is 17.7. The normalized spacial score (nSPS) is 16.4. The minimum atomic E-state index is -0.974. The third kappa shape index (κ3) is 45.3. The van der Waals surface area contributed by atoms with Crippen LogP contribution in [0, 0.1) is 0 Å². The van der Waals surface area contributed by atoms with E-state index in [0.717, 1.165) is 116 Å². The molecule has 1 saturated heterocycles. The maximum Gasteiger partial charge on any atom is 0.243 e. The van der Waals surface area contributed by atoms with Gasteiger partial charge < -0.3 is 31.1 Å². The molecule has 1 fully saturated rings. The van der Waals surface area contributed by atoms with E-state index in [2.05, 4.69) is 48.1 Å². The molecule has 6 N–H and O–H groups in total. The van der Waals surface area contributed by atoms with Crippen LogP contribution in [0.5, 0.6) is 0 Å². The number of rotatable bonds is 58. The second kappa shape index (κ2) is 53.7. The summed E-state index contributed by atoms with van der Waals surface area (Å²) in [5.74, 6) is 0.247. The van der Waals surface area contributed by atoms with E-state index in [0.29, 0.717) is 37.7 Å². The number of aliphatic hydroxyl groups is 4. The highest BCUT2D eigenvalue weighted by molar-refractivity contribution is 8.13. The number of thioether (sulfide) groups is 2. The van der Waals surface area contributed by atoms with Gasteiger partial charge in [-0.05, 0) is 64.5 Å². The summed E-state index contributed by atoms with van der Waals surface area (Å²) in [4.78, 5) is 56.6. The zero-order valence-electron chi connectivity index (χ0n) is 51.0. The van der Waals surface area contributed by atoms with Crippen LogP contribution < -0.4 is 10.6 Å². The zero-order chi connectivity index (χ0) is 57.1. The van der Waals surface area contributed by atoms with E-state index >= 15 is 0 Å². The second-order valence-corrected chi connectivity index (χ2v) is 25.9. The summed E-state index contributed by atoms with van der Waals surface area (Å²) >= 11 is 2.34. The lowest BCUT2D eigenvalue weighted by molar-refractivity contribution is -0.138. The Kier molecular flexibility index (Phi) is 51.5. The minimum absolute atomic E-state index is 0.122. The first-order chi connectivity index (χ1) is 37.9. The third-order valence-electron chi connectivity index (χ3n) is 15.7. The van der Waals surface area contributed by atoms with Gasteiger partial charge in [-0.15, -0.1) is 0 Å². The first kappa shape index (κ1) is 74.8. The van der Waals surface area contributed by atoms with Gasteiger partial charge in [0.15, 0.2) is 10.2 Å². The van der Waals surface area contributed by atoms with Crippen LogP contribution >= 0.6 is 23.5 Å². The fourth-order valence-corrected chi connectivity index (χ4v) is 12.5. The summed E-state index contributed by atoms with van der Waals surface area (Å²) < 4.78 is 0. The molecular formula is C64H124N4O8S2. The van der Waals surface area contributed by atoms with Gasteiger partial charge >= 0.3 is 0 Å². The van der Waals surface area contributed by atoms with Crippen molar-refractivity contribution in [1.29, 1.82) is 0 Å². The Morgan fingerprint density at radius 1 is 0.372 bits per heavy atom. The Bertz CT molecular complexity index is 1260. The molecule has 1 heterocycles. The predicted molar refractivity (Wildman–Crippen MR) is 332 cm³/mol. The number of hydrogen-bond acceptors (Lipinski definition) is 12. The van der Waals surface area contributed by atoms with Gasteiger partial charge in [-0.1, -0.05) is 257 Å². The van der Waals surface area contributed by atoms with Crippen LogP contribution in [-0.2, 0) is 19.2 Å². The van der Waals surface area contributed by atoms with Gasteiger partial charge in [-0.25, -0.2) is 0 Å². The van der Waals surface area contributed by atoms with Crippen molar-refractivity contribution in [2.75, 3.05) is 50.8 Å². The second-order valence-electron chi connectivity index (χ2n) is 23.6. The van der Waals surface area contributed by atoms with Gasteiger partial charge in [-0.3, -0.25) is 29.0 Å². The smallest absolute Gasteiger partial charge is 0.243 e. The minimum Gasteiger partial charge on any atom is -0.392 e. The van der Waals surface area contributed by atoms with Crippen molar-refractivity contribution >= 4 is 45.6 Å². The van der Waals surface area contributed by atoms with E-state index in [9.17, 15) is 39.6 Å². The van der Waals surface area contributed by atoms with Crippen molar-refractivity contribution in [3.63, 3.8) is 0 Å². The molecule has 14 heteroatoms. The maximum absolute atomic E-state index is 13.1. The molecule has 1 rings (SSSR count). The lowest BCUT2D eigenvalue weighted by Crippen LogP contribution is -2.62. The summed E-state index contributed by atoms with van der Waals surface area (Å²) in [5, 5.41) is 49.0. The number of carbonyl (C=O) groups excluding carboxylic acids is 4. The molecule has 4 unspecified atom stereocenters. The molecule has 1 aliphatic rings. The largest absolute Gasteiger partial charge is 0.392 e. The molecule has 0 bridgehead atoms. The quantitative estimate of drug-likeness (QED) is 0.0318. The fraction of sp³-hybridized carbons (Fsp3) is 0.938. The van der Waals surface area contributed by atoms with Crippen molar-refractivity contribution in [2.45, 2.75) is 334 Å². The average Bonchev–Trinajstić information content (AvgIpc) is 3.40. The Balaban J connectivity index is 2.52. The van der Waals surface area contributed by atoms with Crippen molar-refractivity contribution in [2.24, 2.45) is 0 Å². The Labute approximate surface area is 487 Å². The highest BCUT2D eigenvalue weighted by Crippen LogP contribution is 2.20. The monoisotopic (exact) mass is 1140 g/mol. The number of nitrogens with one attached hydrogen (secondary N) is 2. The van der Waals surface area contributed by atoms with E-state index in [1.54, 1.807) is 0 Å². The van der Waals surface area contributed by atoms with Crippen molar-refractivity contribution in [3.8, 4) is 0 Å². The van der Waals surface area contributed by atoms with E-state index < -0.39 is 48.3 Å². The van der Waals surface area contributed by atoms with E-state index in [-0.39, 0.29) is 23.1 Å². The first-order valence-corrected chi connectivity index (χ1v) is 35.0. The molecule has 460 valence electrons. The molecule has 6 atom stereocenters. The van der Waals surface area contributed by atoms with Crippen molar-refractivity contribution < 1.29 is 39.6 Å². The van der Waals surface area contributed by atoms with Gasteiger partial charge in [-0.2, -0.15) is 0 Å². The number of unbranched alkanes of at least 4 members (excludes halogenated alkanes) is 30. The van der Waals surface area contributed by atoms with Crippen LogP contribution in [0.1, 0.15) is 297 Å². The number of nitrogens with zero attached hydrogens (tertiary/aromatic N) is 2. The van der Waals surface area contributed by atoms with E-state index in [4.69, 9.17) is 0 Å². The number of aliphatic hydroxyl groups excluding tert-OH is 4. The number of amides is 2. The Hall–Kier alpha value is -1.26. The van der Waals surface area contributed by atoms with Crippen LogP contribution in [0.15, 0.2) is 0 Å². The molecule has 12 nitrogen and oxygen atoms in total. The van der Waals surface area contributed by atoms with E-state index in [1.165, 1.54) is 178 Å². The van der Waals surface area contributed by atoms with Gasteiger partial charge in [0, 0.05) is 50.5 Å². The molecule has 0 radical (unpaired) electrons. The highest BCUT2D eigenvalue weighted by Gasteiger charge is 2.36. The Morgan fingerprint density at radius 2 is 0.603 bits per heavy atom. The lowest BCUT2D eigenvalue weighted by Gasteiger charge is -2.29. The standard InChI is InChI=1S/C64H124N4O8S2/c1-5-9-13-17-21-25-29-33-41-55(69)51-67(52-56(70)42-34-30-26-22-18-14-10-6-2)45-37-39-47-77-61(73)49-59-63(75)66-60(64(76)65-59)50-62(74)78-48-40-38-46-68(53-57(71)43-35-31-27-23-19-15-11-7-3)54-58(72)44-36-32-28-24-20-16-12-8-4/h55-60,69-72H,5-54H2,1-4H3,(H,65,76)(H,66,75)/t55-,56-,57?,58?,59?,60?/m0/s1. The van der Waals surface area contributed by atoms with Gasteiger partial charge in [0.2, 0.25) is 11.8 Å². The SMILES string of the molecule is CCCCCCCCCCC(O)CN(CCCCSC(=O)CC1NC(=O)C(CC(=O)SCCCCN(C[C@@H](O)CCCCCCCCCC)C[C@@H](O)CCCCCCCCCC)NC1=O)CC(O)CCCCCCCCCC. The van der Waals surface area contributed by atoms with Crippen LogP contribution in [0.4, 0.5) is 0 Å². The molecular weight excluding hydrogens is 1020 g/mol. The molecule has 0 aliphatic carbocycles. The summed E-state index contributed by atoms with van der Waals surface area (Å²) in [7, 11) is 0. The maximum atomic E-state index is 13.1. The van der Waals surface area contributed by atoms with Crippen molar-refractivity contribution in [1.82, 2.24) is 20.4 Å². The fourth-order valence-electron chi connectivity index (χ4n) is 10.8. The van der Waals surface area contributed by atoms with E-state index in [1.807, 2.05) is 0 Å². The predicted octanol–water partition coefficient (Wildman–Crippen LogP) is 14.0. The summed E-state index contributed by atoms with van der Waals surface area (Å²) in [5.41, 5.74) is 0. The first-order valence-electron chi connectivity index (χ1n) is 33.0. The molecule has 2 amide bonds.